The van der Waals surface area contributed by atoms with Gasteiger partial charge >= 0.3 is 0 Å². The van der Waals surface area contributed by atoms with E-state index in [0.29, 0.717) is 24.0 Å². The predicted octanol–water partition coefficient (Wildman–Crippen LogP) is 0.856. The minimum absolute atomic E-state index is 0.0643. The monoisotopic (exact) mass is 265 g/mol. The van der Waals surface area contributed by atoms with Crippen LogP contribution in [-0.2, 0) is 16.1 Å². The van der Waals surface area contributed by atoms with Crippen molar-refractivity contribution in [3.05, 3.63) is 17.8 Å². The molecule has 2 amide bonds. The first-order valence-corrected chi connectivity index (χ1v) is 6.45. The van der Waals surface area contributed by atoms with E-state index in [-0.39, 0.29) is 24.9 Å². The SMILES string of the molecule is Cc1cnc(CN2CC(=O)NC(CC(C)C)C2=O)o1. The summed E-state index contributed by atoms with van der Waals surface area (Å²) in [6.07, 6.45) is 2.25. The number of amides is 2. The van der Waals surface area contributed by atoms with Crippen LogP contribution in [-0.4, -0.2) is 34.3 Å². The summed E-state index contributed by atoms with van der Waals surface area (Å²) >= 11 is 0. The predicted molar refractivity (Wildman–Crippen MR) is 68.0 cm³/mol. The standard InChI is InChI=1S/C13H19N3O3/c1-8(2)4-10-13(18)16(6-11(17)15-10)7-12-14-5-9(3)19-12/h5,8,10H,4,6-7H2,1-3H3,(H,15,17). The third-order valence-corrected chi connectivity index (χ3v) is 2.98. The number of piperazine rings is 1. The van der Waals surface area contributed by atoms with Gasteiger partial charge in [0.15, 0.2) is 0 Å². The zero-order chi connectivity index (χ0) is 14.0. The summed E-state index contributed by atoms with van der Waals surface area (Å²) in [5.41, 5.74) is 0. The molecule has 19 heavy (non-hydrogen) atoms. The highest BCUT2D eigenvalue weighted by atomic mass is 16.4. The van der Waals surface area contributed by atoms with E-state index in [1.165, 1.54) is 4.90 Å². The number of aryl methyl sites for hydroxylation is 1. The normalized spacial score (nSPS) is 20.0. The summed E-state index contributed by atoms with van der Waals surface area (Å²) in [4.78, 5) is 29.5. The highest BCUT2D eigenvalue weighted by molar-refractivity contribution is 5.94. The second-order valence-corrected chi connectivity index (χ2v) is 5.31. The summed E-state index contributed by atoms with van der Waals surface area (Å²) in [6.45, 7) is 6.15. The molecule has 1 saturated heterocycles. The topological polar surface area (TPSA) is 75.4 Å². The molecule has 1 aromatic rings. The van der Waals surface area contributed by atoms with Crippen molar-refractivity contribution >= 4 is 11.8 Å². The average Bonchev–Trinajstić information content (AvgIpc) is 2.70. The van der Waals surface area contributed by atoms with Gasteiger partial charge in [-0.3, -0.25) is 9.59 Å². The van der Waals surface area contributed by atoms with Gasteiger partial charge in [0.25, 0.3) is 0 Å². The lowest BCUT2D eigenvalue weighted by Gasteiger charge is -2.32. The third-order valence-electron chi connectivity index (χ3n) is 2.98. The Morgan fingerprint density at radius 1 is 1.53 bits per heavy atom. The average molecular weight is 265 g/mol. The Hall–Kier alpha value is -1.85. The number of carbonyl (C=O) groups excluding carboxylic acids is 2. The molecular formula is C13H19N3O3. The lowest BCUT2D eigenvalue weighted by atomic mass is 10.0. The maximum atomic E-state index is 12.3. The number of aromatic nitrogens is 1. The number of carbonyl (C=O) groups is 2. The molecule has 0 radical (unpaired) electrons. The Morgan fingerprint density at radius 3 is 2.84 bits per heavy atom. The van der Waals surface area contributed by atoms with Crippen molar-refractivity contribution in [2.24, 2.45) is 5.92 Å². The fourth-order valence-corrected chi connectivity index (χ4v) is 2.18. The summed E-state index contributed by atoms with van der Waals surface area (Å²) in [6, 6.07) is -0.433. The van der Waals surface area contributed by atoms with Crippen molar-refractivity contribution in [2.75, 3.05) is 6.54 Å². The van der Waals surface area contributed by atoms with E-state index < -0.39 is 6.04 Å². The molecule has 1 aliphatic heterocycles. The van der Waals surface area contributed by atoms with Gasteiger partial charge < -0.3 is 14.6 Å². The van der Waals surface area contributed by atoms with Crippen molar-refractivity contribution in [1.29, 1.82) is 0 Å². The number of hydrogen-bond acceptors (Lipinski definition) is 4. The van der Waals surface area contributed by atoms with Gasteiger partial charge in [-0.25, -0.2) is 4.98 Å². The molecule has 0 bridgehead atoms. The lowest BCUT2D eigenvalue weighted by Crippen LogP contribution is -2.57. The fourth-order valence-electron chi connectivity index (χ4n) is 2.18. The van der Waals surface area contributed by atoms with Gasteiger partial charge in [-0.15, -0.1) is 0 Å². The van der Waals surface area contributed by atoms with Crippen LogP contribution < -0.4 is 5.32 Å². The first kappa shape index (κ1) is 13.6. The molecule has 1 N–H and O–H groups in total. The molecular weight excluding hydrogens is 246 g/mol. The molecule has 0 aromatic carbocycles. The minimum atomic E-state index is -0.433. The Kier molecular flexibility index (Phi) is 3.87. The van der Waals surface area contributed by atoms with E-state index in [2.05, 4.69) is 10.3 Å². The number of hydrogen-bond donors (Lipinski definition) is 1. The second-order valence-electron chi connectivity index (χ2n) is 5.31. The van der Waals surface area contributed by atoms with Crippen LogP contribution in [0.4, 0.5) is 0 Å². The highest BCUT2D eigenvalue weighted by Gasteiger charge is 2.33. The molecule has 0 spiro atoms. The molecule has 0 aliphatic carbocycles. The van der Waals surface area contributed by atoms with Crippen LogP contribution in [0.2, 0.25) is 0 Å². The Bertz CT molecular complexity index is 481. The van der Waals surface area contributed by atoms with Gasteiger partial charge in [0, 0.05) is 0 Å². The van der Waals surface area contributed by atoms with E-state index >= 15 is 0 Å². The van der Waals surface area contributed by atoms with Crippen LogP contribution in [0, 0.1) is 12.8 Å². The molecule has 2 heterocycles. The quantitative estimate of drug-likeness (QED) is 0.876. The van der Waals surface area contributed by atoms with Crippen molar-refractivity contribution in [3.8, 4) is 0 Å². The lowest BCUT2D eigenvalue weighted by molar-refractivity contribution is -0.145. The van der Waals surface area contributed by atoms with Crippen molar-refractivity contribution in [1.82, 2.24) is 15.2 Å². The summed E-state index contributed by atoms with van der Waals surface area (Å²) < 4.78 is 5.35. The third kappa shape index (κ3) is 3.33. The van der Waals surface area contributed by atoms with Gasteiger partial charge in [0.1, 0.15) is 18.3 Å². The minimum Gasteiger partial charge on any atom is -0.444 e. The molecule has 1 atom stereocenters. The van der Waals surface area contributed by atoms with Crippen LogP contribution in [0.1, 0.15) is 31.9 Å². The van der Waals surface area contributed by atoms with Crippen LogP contribution >= 0.6 is 0 Å². The first-order chi connectivity index (χ1) is 8.95. The van der Waals surface area contributed by atoms with E-state index in [4.69, 9.17) is 4.42 Å². The molecule has 6 heteroatoms. The Morgan fingerprint density at radius 2 is 2.26 bits per heavy atom. The molecule has 1 unspecified atom stereocenters. The van der Waals surface area contributed by atoms with Gasteiger partial charge in [-0.05, 0) is 19.3 Å². The second kappa shape index (κ2) is 5.42. The number of rotatable bonds is 4. The van der Waals surface area contributed by atoms with Crippen LogP contribution in [0.5, 0.6) is 0 Å². The largest absolute Gasteiger partial charge is 0.444 e. The maximum absolute atomic E-state index is 12.3. The first-order valence-electron chi connectivity index (χ1n) is 6.45. The van der Waals surface area contributed by atoms with Crippen molar-refractivity contribution in [2.45, 2.75) is 39.8 Å². The van der Waals surface area contributed by atoms with E-state index in [9.17, 15) is 9.59 Å². The van der Waals surface area contributed by atoms with Gasteiger partial charge in [0.05, 0.1) is 12.7 Å². The molecule has 6 nitrogen and oxygen atoms in total. The molecule has 1 aliphatic rings. The number of nitrogens with one attached hydrogen (secondary N) is 1. The van der Waals surface area contributed by atoms with Gasteiger partial charge in [-0.1, -0.05) is 13.8 Å². The van der Waals surface area contributed by atoms with Crippen molar-refractivity contribution in [3.63, 3.8) is 0 Å². The zero-order valence-corrected chi connectivity index (χ0v) is 11.5. The maximum Gasteiger partial charge on any atom is 0.246 e. The molecule has 0 saturated carbocycles. The van der Waals surface area contributed by atoms with E-state index in [0.717, 1.165) is 0 Å². The Balaban J connectivity index is 2.06. The van der Waals surface area contributed by atoms with Crippen LogP contribution in [0.15, 0.2) is 10.6 Å². The smallest absolute Gasteiger partial charge is 0.246 e. The molecule has 1 aromatic heterocycles. The molecule has 2 rings (SSSR count). The summed E-state index contributed by atoms with van der Waals surface area (Å²) in [5.74, 6) is 1.31. The van der Waals surface area contributed by atoms with Crippen LogP contribution in [0.25, 0.3) is 0 Å². The Labute approximate surface area is 112 Å². The van der Waals surface area contributed by atoms with Crippen LogP contribution in [0.3, 0.4) is 0 Å². The summed E-state index contributed by atoms with van der Waals surface area (Å²) in [7, 11) is 0. The highest BCUT2D eigenvalue weighted by Crippen LogP contribution is 2.14. The molecule has 1 fully saturated rings. The summed E-state index contributed by atoms with van der Waals surface area (Å²) in [5, 5.41) is 2.74. The van der Waals surface area contributed by atoms with Gasteiger partial charge in [-0.2, -0.15) is 0 Å². The fraction of sp³-hybridized carbons (Fsp3) is 0.615. The van der Waals surface area contributed by atoms with Gasteiger partial charge in [0.2, 0.25) is 17.7 Å². The van der Waals surface area contributed by atoms with E-state index in [1.54, 1.807) is 13.1 Å². The van der Waals surface area contributed by atoms with Crippen molar-refractivity contribution < 1.29 is 14.0 Å². The number of nitrogens with zero attached hydrogens (tertiary/aromatic N) is 2. The molecule has 104 valence electrons. The van der Waals surface area contributed by atoms with E-state index in [1.807, 2.05) is 13.8 Å². The zero-order valence-electron chi connectivity index (χ0n) is 11.5. The number of oxazole rings is 1.